The minimum absolute atomic E-state index is 0.00544. The van der Waals surface area contributed by atoms with Crippen molar-refractivity contribution in [3.63, 3.8) is 0 Å². The summed E-state index contributed by atoms with van der Waals surface area (Å²) in [4.78, 5) is 3.56. The van der Waals surface area contributed by atoms with Crippen LogP contribution in [0.2, 0.25) is 0 Å². The fourth-order valence-electron chi connectivity index (χ4n) is 5.28. The molecule has 8 nitrogen and oxygen atoms in total. The average molecular weight is 515 g/mol. The number of anilines is 4. The lowest BCUT2D eigenvalue weighted by molar-refractivity contribution is -0.0810. The Balaban J connectivity index is 1.41. The van der Waals surface area contributed by atoms with Gasteiger partial charge in [0.1, 0.15) is 23.0 Å². The summed E-state index contributed by atoms with van der Waals surface area (Å²) in [6.45, 7) is 0. The van der Waals surface area contributed by atoms with Gasteiger partial charge in [-0.2, -0.15) is 0 Å². The molecule has 0 unspecified atom stereocenters. The van der Waals surface area contributed by atoms with Crippen LogP contribution in [0, 0.1) is 0 Å². The van der Waals surface area contributed by atoms with E-state index in [2.05, 4.69) is 0 Å². The molecule has 38 heavy (non-hydrogen) atoms. The van der Waals surface area contributed by atoms with Crippen LogP contribution < -0.4 is 9.80 Å². The van der Waals surface area contributed by atoms with E-state index in [9.17, 15) is 30.6 Å². The maximum atomic E-state index is 11.0. The molecular weight excluding hydrogens is 484 g/mol. The molecule has 4 aromatic carbocycles. The zero-order chi connectivity index (χ0) is 27.1. The van der Waals surface area contributed by atoms with Crippen molar-refractivity contribution < 1.29 is 30.6 Å². The first-order valence-electron chi connectivity index (χ1n) is 12.2. The lowest BCUT2D eigenvalue weighted by atomic mass is 9.62. The number of hydrogen-bond donors (Lipinski definition) is 6. The molecule has 4 aromatic rings. The summed E-state index contributed by atoms with van der Waals surface area (Å²) in [7, 11) is 3.58. The van der Waals surface area contributed by atoms with Crippen LogP contribution in [-0.2, 0) is 0 Å². The number of aliphatic hydroxyl groups is 2. The highest BCUT2D eigenvalue weighted by atomic mass is 16.3. The first-order chi connectivity index (χ1) is 18.2. The summed E-state index contributed by atoms with van der Waals surface area (Å²) in [6.07, 6.45) is -2.57. The van der Waals surface area contributed by atoms with Gasteiger partial charge in [0.15, 0.2) is 0 Å². The van der Waals surface area contributed by atoms with E-state index in [-0.39, 0.29) is 34.1 Å². The third kappa shape index (κ3) is 4.23. The van der Waals surface area contributed by atoms with Crippen molar-refractivity contribution in [1.82, 2.24) is 0 Å². The Bertz CT molecular complexity index is 1280. The molecule has 196 valence electrons. The summed E-state index contributed by atoms with van der Waals surface area (Å²) in [5.74, 6) is -3.17. The largest absolute Gasteiger partial charge is 0.507 e. The van der Waals surface area contributed by atoms with Gasteiger partial charge < -0.3 is 40.4 Å². The lowest BCUT2D eigenvalue weighted by Gasteiger charge is -2.47. The molecular formula is C30H30N2O6. The van der Waals surface area contributed by atoms with Crippen molar-refractivity contribution in [3.05, 3.63) is 96.1 Å². The molecule has 0 atom stereocenters. The third-order valence-electron chi connectivity index (χ3n) is 7.44. The van der Waals surface area contributed by atoms with Crippen LogP contribution in [0.4, 0.5) is 22.7 Å². The van der Waals surface area contributed by atoms with Crippen molar-refractivity contribution in [2.75, 3.05) is 23.9 Å². The lowest BCUT2D eigenvalue weighted by Crippen LogP contribution is -2.51. The second-order valence-corrected chi connectivity index (χ2v) is 9.62. The number of benzene rings is 4. The highest BCUT2D eigenvalue weighted by Crippen LogP contribution is 2.56. The standard InChI is InChI=1S/C30H30N2O6/c1-31(17-9-5-3-6-10-17)19-13-21(33)25(22(34)14-19)27-29(37)28(30(27)38)26-23(35)15-20(16-24(26)36)32(2)18-11-7-4-8-12-18/h3-16,27-30,33-38H,1-2H3. The SMILES string of the molecule is CN(c1ccccc1)c1cc(O)c(C2C(O)C(c3c(O)cc(N(C)c4ccccc4)cc3O)C2O)c(O)c1. The Labute approximate surface area is 220 Å². The zero-order valence-corrected chi connectivity index (χ0v) is 21.0. The van der Waals surface area contributed by atoms with Gasteiger partial charge in [-0.15, -0.1) is 0 Å². The van der Waals surface area contributed by atoms with Gasteiger partial charge in [-0.3, -0.25) is 0 Å². The number of para-hydroxylation sites is 2. The Morgan fingerprint density at radius 3 is 1.05 bits per heavy atom. The van der Waals surface area contributed by atoms with E-state index >= 15 is 0 Å². The Kier molecular flexibility index (Phi) is 6.52. The first-order valence-corrected chi connectivity index (χ1v) is 12.2. The van der Waals surface area contributed by atoms with Crippen molar-refractivity contribution in [1.29, 1.82) is 0 Å². The quantitative estimate of drug-likeness (QED) is 0.220. The molecule has 0 heterocycles. The molecule has 8 heteroatoms. The van der Waals surface area contributed by atoms with Gasteiger partial charge in [-0.25, -0.2) is 0 Å². The van der Waals surface area contributed by atoms with Gasteiger partial charge in [0.05, 0.1) is 12.2 Å². The van der Waals surface area contributed by atoms with Gasteiger partial charge in [0, 0.05) is 84.1 Å². The predicted molar refractivity (Wildman–Crippen MR) is 146 cm³/mol. The Hall–Kier alpha value is -4.40. The maximum absolute atomic E-state index is 11.0. The van der Waals surface area contributed by atoms with Crippen LogP contribution in [0.1, 0.15) is 23.0 Å². The van der Waals surface area contributed by atoms with Gasteiger partial charge in [0.25, 0.3) is 0 Å². The number of rotatable bonds is 6. The normalized spacial score (nSPS) is 20.5. The number of aliphatic hydroxyl groups excluding tert-OH is 2. The molecule has 1 saturated carbocycles. The van der Waals surface area contributed by atoms with Crippen LogP contribution in [0.5, 0.6) is 23.0 Å². The predicted octanol–water partition coefficient (Wildman–Crippen LogP) is 4.65. The van der Waals surface area contributed by atoms with E-state index in [0.717, 1.165) is 11.4 Å². The fourth-order valence-corrected chi connectivity index (χ4v) is 5.28. The van der Waals surface area contributed by atoms with E-state index in [1.54, 1.807) is 23.9 Å². The van der Waals surface area contributed by atoms with Crippen LogP contribution >= 0.6 is 0 Å². The Morgan fingerprint density at radius 1 is 0.474 bits per heavy atom. The van der Waals surface area contributed by atoms with Gasteiger partial charge >= 0.3 is 0 Å². The molecule has 0 aromatic heterocycles. The second-order valence-electron chi connectivity index (χ2n) is 9.62. The molecule has 1 aliphatic carbocycles. The number of hydrogen-bond acceptors (Lipinski definition) is 8. The van der Waals surface area contributed by atoms with Crippen molar-refractivity contribution in [2.45, 2.75) is 24.0 Å². The maximum Gasteiger partial charge on any atom is 0.125 e. The van der Waals surface area contributed by atoms with Crippen LogP contribution in [0.15, 0.2) is 84.9 Å². The molecule has 0 radical (unpaired) electrons. The van der Waals surface area contributed by atoms with E-state index < -0.39 is 24.0 Å². The van der Waals surface area contributed by atoms with E-state index in [1.165, 1.54) is 24.3 Å². The summed E-state index contributed by atoms with van der Waals surface area (Å²) >= 11 is 0. The molecule has 0 saturated heterocycles. The molecule has 5 rings (SSSR count). The molecule has 0 spiro atoms. The van der Waals surface area contributed by atoms with Gasteiger partial charge in [-0.1, -0.05) is 36.4 Å². The highest BCUT2D eigenvalue weighted by molar-refractivity contribution is 5.70. The smallest absolute Gasteiger partial charge is 0.125 e. The summed E-state index contributed by atoms with van der Waals surface area (Å²) in [5, 5.41) is 65.3. The minimum Gasteiger partial charge on any atom is -0.507 e. The Morgan fingerprint density at radius 2 is 0.763 bits per heavy atom. The summed E-state index contributed by atoms with van der Waals surface area (Å²) in [5.41, 5.74) is 2.73. The zero-order valence-electron chi connectivity index (χ0n) is 21.0. The number of phenols is 4. The molecule has 0 bridgehead atoms. The van der Waals surface area contributed by atoms with Crippen molar-refractivity contribution >= 4 is 22.7 Å². The number of phenolic OH excluding ortho intramolecular Hbond substituents is 4. The molecule has 1 fully saturated rings. The molecule has 0 amide bonds. The van der Waals surface area contributed by atoms with Crippen molar-refractivity contribution in [2.24, 2.45) is 0 Å². The van der Waals surface area contributed by atoms with Gasteiger partial charge in [-0.05, 0) is 24.3 Å². The first kappa shape index (κ1) is 25.3. The molecule has 1 aliphatic rings. The second kappa shape index (κ2) is 9.81. The molecule has 6 N–H and O–H groups in total. The monoisotopic (exact) mass is 514 g/mol. The fraction of sp³-hybridized carbons (Fsp3) is 0.200. The van der Waals surface area contributed by atoms with E-state index in [0.29, 0.717) is 11.4 Å². The van der Waals surface area contributed by atoms with Crippen LogP contribution in [-0.4, -0.2) is 56.9 Å². The average Bonchev–Trinajstić information content (AvgIpc) is 2.92. The third-order valence-corrected chi connectivity index (χ3v) is 7.44. The van der Waals surface area contributed by atoms with Crippen LogP contribution in [0.3, 0.4) is 0 Å². The minimum atomic E-state index is -1.28. The number of nitrogens with zero attached hydrogens (tertiary/aromatic N) is 2. The number of aromatic hydroxyl groups is 4. The van der Waals surface area contributed by atoms with Gasteiger partial charge in [0.2, 0.25) is 0 Å². The summed E-state index contributed by atoms with van der Waals surface area (Å²) < 4.78 is 0. The summed E-state index contributed by atoms with van der Waals surface area (Å²) in [6, 6.07) is 24.6. The molecule has 0 aliphatic heterocycles. The van der Waals surface area contributed by atoms with E-state index in [4.69, 9.17) is 0 Å². The topological polar surface area (TPSA) is 128 Å². The van der Waals surface area contributed by atoms with Crippen molar-refractivity contribution in [3.8, 4) is 23.0 Å². The highest BCUT2D eigenvalue weighted by Gasteiger charge is 2.54. The van der Waals surface area contributed by atoms with E-state index in [1.807, 2.05) is 60.7 Å². The van der Waals surface area contributed by atoms with Crippen LogP contribution in [0.25, 0.3) is 0 Å².